The van der Waals surface area contributed by atoms with Crippen LogP contribution >= 0.6 is 11.8 Å². The molecule has 28 heavy (non-hydrogen) atoms. The third kappa shape index (κ3) is 3.46. The number of hydrogen-bond donors (Lipinski definition) is 0. The van der Waals surface area contributed by atoms with Crippen LogP contribution in [0.3, 0.4) is 0 Å². The largest absolute Gasteiger partial charge is 0.272 e. The summed E-state index contributed by atoms with van der Waals surface area (Å²) in [6, 6.07) is 26.6. The Labute approximate surface area is 171 Å². The molecule has 0 fully saturated rings. The summed E-state index contributed by atoms with van der Waals surface area (Å²) in [5.41, 5.74) is 4.33. The van der Waals surface area contributed by atoms with E-state index in [-0.39, 0.29) is 11.8 Å². The highest BCUT2D eigenvalue weighted by Gasteiger charge is 2.40. The van der Waals surface area contributed by atoms with Gasteiger partial charge in [-0.15, -0.1) is 11.8 Å². The molecule has 1 aliphatic heterocycles. The smallest absolute Gasteiger partial charge is 0.253 e. The van der Waals surface area contributed by atoms with E-state index in [0.717, 1.165) is 22.6 Å². The van der Waals surface area contributed by atoms with Gasteiger partial charge in [0.15, 0.2) is 0 Å². The van der Waals surface area contributed by atoms with Crippen molar-refractivity contribution in [3.8, 4) is 0 Å². The summed E-state index contributed by atoms with van der Waals surface area (Å²) in [7, 11) is 2.00. The molecular formula is C24H24N2OS. The molecule has 1 amide bonds. The van der Waals surface area contributed by atoms with E-state index in [0.29, 0.717) is 6.54 Å². The zero-order valence-electron chi connectivity index (χ0n) is 16.2. The normalized spacial score (nSPS) is 15.9. The van der Waals surface area contributed by atoms with Crippen LogP contribution in [-0.4, -0.2) is 23.7 Å². The lowest BCUT2D eigenvalue weighted by atomic mass is 9.93. The number of rotatable bonds is 6. The molecule has 142 valence electrons. The Morgan fingerprint density at radius 2 is 1.61 bits per heavy atom. The van der Waals surface area contributed by atoms with Crippen LogP contribution in [0, 0.1) is 0 Å². The number of amides is 1. The summed E-state index contributed by atoms with van der Waals surface area (Å²) in [4.78, 5) is 14.8. The molecule has 0 N–H and O–H groups in total. The van der Waals surface area contributed by atoms with E-state index in [2.05, 4.69) is 37.3 Å². The lowest BCUT2D eigenvalue weighted by molar-refractivity contribution is -0.121. The summed E-state index contributed by atoms with van der Waals surface area (Å²) in [5.74, 6) is 0.887. The Balaban J connectivity index is 1.67. The molecule has 1 atom stereocenters. The number of carbonyl (C=O) groups excluding carboxylic acids is 1. The van der Waals surface area contributed by atoms with Crippen LogP contribution in [0.5, 0.6) is 0 Å². The molecule has 0 saturated heterocycles. The van der Waals surface area contributed by atoms with Crippen LogP contribution < -0.4 is 5.01 Å². The molecule has 0 saturated carbocycles. The molecule has 0 bridgehead atoms. The zero-order valence-corrected chi connectivity index (χ0v) is 17.0. The second kappa shape index (κ2) is 8.21. The fraction of sp³-hybridized carbons (Fsp3) is 0.208. The Morgan fingerprint density at radius 1 is 0.929 bits per heavy atom. The minimum atomic E-state index is -0.250. The van der Waals surface area contributed by atoms with Gasteiger partial charge in [0.2, 0.25) is 0 Å². The zero-order chi connectivity index (χ0) is 19.5. The molecule has 1 aliphatic rings. The maximum Gasteiger partial charge on any atom is 0.253 e. The van der Waals surface area contributed by atoms with E-state index >= 15 is 0 Å². The van der Waals surface area contributed by atoms with Gasteiger partial charge in [-0.3, -0.25) is 4.79 Å². The number of fused-ring (bicyclic) bond motifs is 1. The van der Waals surface area contributed by atoms with Gasteiger partial charge in [0.25, 0.3) is 5.91 Å². The predicted octanol–water partition coefficient (Wildman–Crippen LogP) is 5.32. The number of hydrazine groups is 1. The van der Waals surface area contributed by atoms with Crippen molar-refractivity contribution >= 4 is 23.4 Å². The molecule has 3 nitrogen and oxygen atoms in total. The Bertz CT molecular complexity index is 973. The van der Waals surface area contributed by atoms with Gasteiger partial charge >= 0.3 is 0 Å². The molecule has 4 rings (SSSR count). The number of nitrogens with zero attached hydrogens (tertiary/aromatic N) is 2. The molecule has 0 aliphatic carbocycles. The van der Waals surface area contributed by atoms with Crippen molar-refractivity contribution in [2.45, 2.75) is 24.3 Å². The first-order chi connectivity index (χ1) is 13.7. The fourth-order valence-corrected chi connectivity index (χ4v) is 4.67. The summed E-state index contributed by atoms with van der Waals surface area (Å²) >= 11 is 1.84. The second-order valence-corrected chi connectivity index (χ2v) is 8.21. The summed E-state index contributed by atoms with van der Waals surface area (Å²) in [6.45, 7) is 2.85. The fourth-order valence-electron chi connectivity index (χ4n) is 3.87. The highest BCUT2D eigenvalue weighted by molar-refractivity contribution is 7.99. The van der Waals surface area contributed by atoms with Crippen LogP contribution in [0.4, 0.5) is 5.69 Å². The first-order valence-electron chi connectivity index (χ1n) is 9.60. The number of benzene rings is 3. The standard InChI is InChI=1S/C24H24N2OS/c1-3-28-22-16-10-7-13-19(22)17-25(2)26-21-15-9-8-14-20(21)23(24(26)27)18-11-5-4-6-12-18/h4-16,23H,3,17H2,1-2H3/t23-/m0/s1. The number of carbonyl (C=O) groups is 1. The first-order valence-corrected chi connectivity index (χ1v) is 10.6. The third-order valence-corrected chi connectivity index (χ3v) is 6.08. The quantitative estimate of drug-likeness (QED) is 0.534. The van der Waals surface area contributed by atoms with Crippen LogP contribution in [0.2, 0.25) is 0 Å². The van der Waals surface area contributed by atoms with Crippen molar-refractivity contribution in [1.82, 2.24) is 5.01 Å². The number of para-hydroxylation sites is 1. The van der Waals surface area contributed by atoms with Crippen LogP contribution in [0.1, 0.15) is 29.5 Å². The van der Waals surface area contributed by atoms with Crippen LogP contribution in [0.15, 0.2) is 83.8 Å². The Kier molecular flexibility index (Phi) is 5.51. The highest BCUT2D eigenvalue weighted by Crippen LogP contribution is 2.42. The molecular weight excluding hydrogens is 364 g/mol. The van der Waals surface area contributed by atoms with E-state index in [4.69, 9.17) is 0 Å². The Hall–Kier alpha value is -2.56. The average Bonchev–Trinajstić information content (AvgIpc) is 3.02. The van der Waals surface area contributed by atoms with Gasteiger partial charge in [-0.25, -0.2) is 10.0 Å². The minimum absolute atomic E-state index is 0.107. The van der Waals surface area contributed by atoms with E-state index in [9.17, 15) is 4.79 Å². The predicted molar refractivity (Wildman–Crippen MR) is 117 cm³/mol. The van der Waals surface area contributed by atoms with Crippen molar-refractivity contribution in [3.05, 3.63) is 95.6 Å². The topological polar surface area (TPSA) is 23.6 Å². The van der Waals surface area contributed by atoms with Crippen molar-refractivity contribution in [1.29, 1.82) is 0 Å². The van der Waals surface area contributed by atoms with Gasteiger partial charge < -0.3 is 0 Å². The van der Waals surface area contributed by atoms with Crippen molar-refractivity contribution < 1.29 is 4.79 Å². The summed E-state index contributed by atoms with van der Waals surface area (Å²) in [6.07, 6.45) is 0. The molecule has 1 heterocycles. The van der Waals surface area contributed by atoms with Crippen LogP contribution in [0.25, 0.3) is 0 Å². The molecule has 0 radical (unpaired) electrons. The van der Waals surface area contributed by atoms with E-state index in [1.54, 1.807) is 0 Å². The minimum Gasteiger partial charge on any atom is -0.272 e. The number of thioether (sulfide) groups is 1. The van der Waals surface area contributed by atoms with Gasteiger partial charge in [0.1, 0.15) is 0 Å². The second-order valence-electron chi connectivity index (χ2n) is 6.91. The first kappa shape index (κ1) is 18.8. The number of hydrogen-bond acceptors (Lipinski definition) is 3. The van der Waals surface area contributed by atoms with Gasteiger partial charge in [-0.05, 0) is 34.6 Å². The molecule has 3 aromatic rings. The van der Waals surface area contributed by atoms with Gasteiger partial charge in [0, 0.05) is 18.5 Å². The maximum absolute atomic E-state index is 13.5. The number of anilines is 1. The maximum atomic E-state index is 13.5. The van der Waals surface area contributed by atoms with Crippen LogP contribution in [-0.2, 0) is 11.3 Å². The molecule has 0 aromatic heterocycles. The van der Waals surface area contributed by atoms with Crippen molar-refractivity contribution in [3.63, 3.8) is 0 Å². The van der Waals surface area contributed by atoms with Gasteiger partial charge in [0.05, 0.1) is 11.6 Å². The Morgan fingerprint density at radius 3 is 2.39 bits per heavy atom. The van der Waals surface area contributed by atoms with E-state index < -0.39 is 0 Å². The SMILES string of the molecule is CCSc1ccccc1CN(C)N1C(=O)[C@@H](c2ccccc2)c2ccccc21. The molecule has 0 spiro atoms. The summed E-state index contributed by atoms with van der Waals surface area (Å²) in [5, 5.41) is 3.89. The lowest BCUT2D eigenvalue weighted by Gasteiger charge is -2.29. The third-order valence-electron chi connectivity index (χ3n) is 5.08. The summed E-state index contributed by atoms with van der Waals surface area (Å²) < 4.78 is 0. The van der Waals surface area contributed by atoms with Crippen molar-refractivity contribution in [2.75, 3.05) is 17.8 Å². The molecule has 4 heteroatoms. The van der Waals surface area contributed by atoms with Gasteiger partial charge in [-0.2, -0.15) is 0 Å². The van der Waals surface area contributed by atoms with E-state index in [1.165, 1.54) is 10.5 Å². The van der Waals surface area contributed by atoms with E-state index in [1.807, 2.05) is 77.4 Å². The lowest BCUT2D eigenvalue weighted by Crippen LogP contribution is -2.42. The average molecular weight is 389 g/mol. The van der Waals surface area contributed by atoms with Gasteiger partial charge in [-0.1, -0.05) is 73.7 Å². The molecule has 3 aromatic carbocycles. The monoisotopic (exact) mass is 388 g/mol. The van der Waals surface area contributed by atoms with Crippen molar-refractivity contribution in [2.24, 2.45) is 0 Å². The highest BCUT2D eigenvalue weighted by atomic mass is 32.2. The molecule has 0 unspecified atom stereocenters.